The van der Waals surface area contributed by atoms with Gasteiger partial charge in [0.05, 0.1) is 6.42 Å². The fourth-order valence-corrected chi connectivity index (χ4v) is 5.94. The quantitative estimate of drug-likeness (QED) is 0.810. The Kier molecular flexibility index (Phi) is 3.83. The summed E-state index contributed by atoms with van der Waals surface area (Å²) in [4.78, 5) is 13.3. The summed E-state index contributed by atoms with van der Waals surface area (Å²) >= 11 is 0. The van der Waals surface area contributed by atoms with Gasteiger partial charge in [0, 0.05) is 12.6 Å². The van der Waals surface area contributed by atoms with E-state index in [4.69, 9.17) is 5.11 Å². The second-order valence-corrected chi connectivity index (χ2v) is 7.73. The van der Waals surface area contributed by atoms with Crippen molar-refractivity contribution >= 4 is 5.97 Å². The lowest BCUT2D eigenvalue weighted by Gasteiger charge is -2.60. The van der Waals surface area contributed by atoms with Gasteiger partial charge >= 0.3 is 5.97 Å². The highest BCUT2D eigenvalue weighted by Gasteiger charge is 2.53. The van der Waals surface area contributed by atoms with Gasteiger partial charge in [0.2, 0.25) is 0 Å². The van der Waals surface area contributed by atoms with Crippen LogP contribution in [0.2, 0.25) is 0 Å². The van der Waals surface area contributed by atoms with Gasteiger partial charge in [-0.3, -0.25) is 9.69 Å². The topological polar surface area (TPSA) is 40.5 Å². The molecule has 0 saturated heterocycles. The minimum absolute atomic E-state index is 0.282. The standard InChI is InChI=1S/C17H29NO2/c1-3-18(5-4-16(19)20)12(2)17-9-13-6-14(10-17)8-15(7-13)11-17/h12-15H,3-11H2,1-2H3,(H,19,20). The summed E-state index contributed by atoms with van der Waals surface area (Å²) in [5.41, 5.74) is 0.503. The van der Waals surface area contributed by atoms with Gasteiger partial charge in [-0.1, -0.05) is 6.92 Å². The van der Waals surface area contributed by atoms with Gasteiger partial charge in [0.15, 0.2) is 0 Å². The molecule has 4 rings (SSSR count). The molecule has 4 saturated carbocycles. The third-order valence-electron chi connectivity index (χ3n) is 6.54. The van der Waals surface area contributed by atoms with Crippen molar-refractivity contribution in [1.29, 1.82) is 0 Å². The molecular formula is C17H29NO2. The van der Waals surface area contributed by atoms with E-state index in [-0.39, 0.29) is 6.42 Å². The summed E-state index contributed by atoms with van der Waals surface area (Å²) in [7, 11) is 0. The van der Waals surface area contributed by atoms with Crippen molar-refractivity contribution in [3.05, 3.63) is 0 Å². The molecule has 4 fully saturated rings. The van der Waals surface area contributed by atoms with Crippen molar-refractivity contribution in [2.24, 2.45) is 23.2 Å². The Hall–Kier alpha value is -0.570. The number of hydrogen-bond acceptors (Lipinski definition) is 2. The summed E-state index contributed by atoms with van der Waals surface area (Å²) < 4.78 is 0. The first-order valence-corrected chi connectivity index (χ1v) is 8.48. The molecule has 0 spiro atoms. The Labute approximate surface area is 122 Å². The molecule has 4 aliphatic carbocycles. The number of hydrogen-bond donors (Lipinski definition) is 1. The molecule has 3 nitrogen and oxygen atoms in total. The minimum Gasteiger partial charge on any atom is -0.481 e. The molecule has 0 aliphatic heterocycles. The van der Waals surface area contributed by atoms with Crippen LogP contribution in [0.3, 0.4) is 0 Å². The molecule has 0 heterocycles. The Bertz CT molecular complexity index is 344. The molecule has 0 aromatic carbocycles. The Morgan fingerprint density at radius 2 is 1.70 bits per heavy atom. The second kappa shape index (κ2) is 5.32. The number of rotatable bonds is 6. The molecule has 1 unspecified atom stereocenters. The van der Waals surface area contributed by atoms with Crippen LogP contribution in [0.1, 0.15) is 58.8 Å². The first kappa shape index (κ1) is 14.4. The van der Waals surface area contributed by atoms with Gasteiger partial charge in [-0.25, -0.2) is 0 Å². The molecule has 4 aliphatic rings. The van der Waals surface area contributed by atoms with E-state index in [0.29, 0.717) is 11.5 Å². The van der Waals surface area contributed by atoms with E-state index in [1.54, 1.807) is 0 Å². The highest BCUT2D eigenvalue weighted by molar-refractivity contribution is 5.66. The number of carboxylic acids is 1. The van der Waals surface area contributed by atoms with E-state index in [0.717, 1.165) is 30.8 Å². The third kappa shape index (κ3) is 2.49. The fourth-order valence-electron chi connectivity index (χ4n) is 5.94. The van der Waals surface area contributed by atoms with E-state index >= 15 is 0 Å². The largest absolute Gasteiger partial charge is 0.481 e. The van der Waals surface area contributed by atoms with Crippen LogP contribution in [0.4, 0.5) is 0 Å². The summed E-state index contributed by atoms with van der Waals surface area (Å²) in [6.45, 7) is 6.25. The van der Waals surface area contributed by atoms with Crippen LogP contribution in [0, 0.1) is 23.2 Å². The lowest BCUT2D eigenvalue weighted by atomic mass is 9.47. The molecule has 0 aromatic rings. The van der Waals surface area contributed by atoms with Crippen molar-refractivity contribution in [2.45, 2.75) is 64.8 Å². The number of aliphatic carboxylic acids is 1. The lowest BCUT2D eigenvalue weighted by Crippen LogP contribution is -2.56. The molecule has 4 bridgehead atoms. The summed E-state index contributed by atoms with van der Waals surface area (Å²) in [5, 5.41) is 8.95. The van der Waals surface area contributed by atoms with Crippen LogP contribution < -0.4 is 0 Å². The monoisotopic (exact) mass is 279 g/mol. The Morgan fingerprint density at radius 1 is 1.20 bits per heavy atom. The molecular weight excluding hydrogens is 250 g/mol. The lowest BCUT2D eigenvalue weighted by molar-refractivity contribution is -0.138. The highest BCUT2D eigenvalue weighted by Crippen LogP contribution is 2.61. The van der Waals surface area contributed by atoms with Gasteiger partial charge < -0.3 is 5.11 Å². The van der Waals surface area contributed by atoms with E-state index in [1.807, 2.05) is 0 Å². The number of nitrogens with zero attached hydrogens (tertiary/aromatic N) is 1. The molecule has 1 N–H and O–H groups in total. The maximum Gasteiger partial charge on any atom is 0.304 e. The van der Waals surface area contributed by atoms with Gasteiger partial charge in [0.1, 0.15) is 0 Å². The van der Waals surface area contributed by atoms with Crippen LogP contribution in [0.15, 0.2) is 0 Å². The van der Waals surface area contributed by atoms with Gasteiger partial charge in [-0.2, -0.15) is 0 Å². The summed E-state index contributed by atoms with van der Waals surface area (Å²) in [5.74, 6) is 2.26. The predicted molar refractivity (Wildman–Crippen MR) is 79.6 cm³/mol. The molecule has 0 aromatic heterocycles. The van der Waals surface area contributed by atoms with Crippen LogP contribution in [-0.2, 0) is 4.79 Å². The number of carboxylic acid groups (broad SMARTS) is 1. The van der Waals surface area contributed by atoms with Crippen LogP contribution in [0.25, 0.3) is 0 Å². The molecule has 0 amide bonds. The van der Waals surface area contributed by atoms with E-state index in [1.165, 1.54) is 38.5 Å². The summed E-state index contributed by atoms with van der Waals surface area (Å²) in [6, 6.07) is 0.556. The van der Waals surface area contributed by atoms with Gasteiger partial charge in [0.25, 0.3) is 0 Å². The second-order valence-electron chi connectivity index (χ2n) is 7.73. The number of carbonyl (C=O) groups is 1. The first-order valence-electron chi connectivity index (χ1n) is 8.48. The predicted octanol–water partition coefficient (Wildman–Crippen LogP) is 3.39. The fraction of sp³-hybridized carbons (Fsp3) is 0.941. The van der Waals surface area contributed by atoms with Crippen molar-refractivity contribution in [3.63, 3.8) is 0 Å². The SMILES string of the molecule is CCN(CCC(=O)O)C(C)C12CC3CC(CC(C3)C1)C2. The average molecular weight is 279 g/mol. The van der Waals surface area contributed by atoms with Crippen molar-refractivity contribution < 1.29 is 9.90 Å². The summed E-state index contributed by atoms with van der Waals surface area (Å²) in [6.07, 6.45) is 8.94. The zero-order chi connectivity index (χ0) is 14.3. The van der Waals surface area contributed by atoms with Crippen molar-refractivity contribution in [3.8, 4) is 0 Å². The van der Waals surface area contributed by atoms with E-state index in [9.17, 15) is 4.79 Å². The highest BCUT2D eigenvalue weighted by atomic mass is 16.4. The smallest absolute Gasteiger partial charge is 0.304 e. The maximum absolute atomic E-state index is 10.9. The minimum atomic E-state index is -0.666. The maximum atomic E-state index is 10.9. The van der Waals surface area contributed by atoms with Crippen molar-refractivity contribution in [1.82, 2.24) is 4.90 Å². The van der Waals surface area contributed by atoms with Crippen molar-refractivity contribution in [2.75, 3.05) is 13.1 Å². The van der Waals surface area contributed by atoms with Crippen LogP contribution in [0.5, 0.6) is 0 Å². The zero-order valence-corrected chi connectivity index (χ0v) is 13.0. The first-order chi connectivity index (χ1) is 9.52. The molecule has 20 heavy (non-hydrogen) atoms. The normalized spacial score (nSPS) is 40.2. The Balaban J connectivity index is 1.71. The van der Waals surface area contributed by atoms with Gasteiger partial charge in [-0.05, 0) is 75.2 Å². The van der Waals surface area contributed by atoms with Gasteiger partial charge in [-0.15, -0.1) is 0 Å². The molecule has 1 atom stereocenters. The van der Waals surface area contributed by atoms with E-state index < -0.39 is 5.97 Å². The molecule has 0 radical (unpaired) electrons. The van der Waals surface area contributed by atoms with Crippen LogP contribution in [-0.4, -0.2) is 35.1 Å². The third-order valence-corrected chi connectivity index (χ3v) is 6.54. The molecule has 114 valence electrons. The molecule has 3 heteroatoms. The van der Waals surface area contributed by atoms with Crippen LogP contribution >= 0.6 is 0 Å². The van der Waals surface area contributed by atoms with E-state index in [2.05, 4.69) is 18.7 Å². The average Bonchev–Trinajstić information content (AvgIpc) is 2.37. The Morgan fingerprint density at radius 3 is 2.10 bits per heavy atom. The zero-order valence-electron chi connectivity index (χ0n) is 13.0.